The van der Waals surface area contributed by atoms with E-state index < -0.39 is 23.9 Å². The smallest absolute Gasteiger partial charge is 0.352 e. The van der Waals surface area contributed by atoms with Crippen molar-refractivity contribution in [2.75, 3.05) is 6.61 Å². The Hall–Kier alpha value is -5.89. The van der Waals surface area contributed by atoms with E-state index in [4.69, 9.17) is 4.74 Å². The number of amides is 1. The fourth-order valence-electron chi connectivity index (χ4n) is 5.95. The lowest BCUT2D eigenvalue weighted by Crippen LogP contribution is -2.33. The minimum atomic E-state index is -1.19. The zero-order chi connectivity index (χ0) is 32.2. The Kier molecular flexibility index (Phi) is 8.52. The zero-order valence-corrected chi connectivity index (χ0v) is 25.1. The van der Waals surface area contributed by atoms with Gasteiger partial charge < -0.3 is 25.3 Å². The van der Waals surface area contributed by atoms with E-state index in [-0.39, 0.29) is 5.69 Å². The van der Waals surface area contributed by atoms with Crippen LogP contribution in [0, 0.1) is 6.92 Å². The average molecular weight is 613 g/mol. The molecular formula is C38H32N2O6. The van der Waals surface area contributed by atoms with Gasteiger partial charge in [0.05, 0.1) is 12.1 Å². The Morgan fingerprint density at radius 2 is 1.52 bits per heavy atom. The molecule has 0 unspecified atom stereocenters. The second-order valence-electron chi connectivity index (χ2n) is 11.1. The number of aryl methyl sites for hydroxylation is 2. The van der Waals surface area contributed by atoms with Crippen LogP contribution in [-0.4, -0.2) is 39.6 Å². The molecule has 1 aromatic heterocycles. The Bertz CT molecular complexity index is 2080. The van der Waals surface area contributed by atoms with Crippen molar-refractivity contribution in [3.8, 4) is 16.9 Å². The molecule has 6 aromatic rings. The van der Waals surface area contributed by atoms with E-state index in [0.717, 1.165) is 38.6 Å². The monoisotopic (exact) mass is 612 g/mol. The van der Waals surface area contributed by atoms with E-state index in [1.807, 2.05) is 67.6 Å². The molecule has 8 nitrogen and oxygen atoms in total. The maximum absolute atomic E-state index is 13.1. The summed E-state index contributed by atoms with van der Waals surface area (Å²) in [7, 11) is 0. The van der Waals surface area contributed by atoms with Gasteiger partial charge in [-0.1, -0.05) is 91.0 Å². The number of fused-ring (bicyclic) bond motifs is 2. The molecular weight excluding hydrogens is 580 g/mol. The third-order valence-electron chi connectivity index (χ3n) is 8.17. The number of nitrogens with one attached hydrogen (secondary N) is 2. The first-order chi connectivity index (χ1) is 22.3. The highest BCUT2D eigenvalue weighted by Crippen LogP contribution is 2.35. The van der Waals surface area contributed by atoms with E-state index in [2.05, 4.69) is 10.3 Å². The summed E-state index contributed by atoms with van der Waals surface area (Å²) in [5.74, 6) is -1.91. The van der Waals surface area contributed by atoms with Crippen molar-refractivity contribution < 1.29 is 29.3 Å². The standard InChI is InChI=1S/C38H32N2O6/c1-23-22-26(36(41)40-33(37(42)43)25-11-3-2-4-12-25)19-20-27(23)29-15-8-16-30-31(35(38(44)45)39-34(29)30)17-9-21-46-32-18-7-13-24-10-5-6-14-28(24)32/h2-8,10-16,18-20,22,33,39H,9,17,21H2,1H3,(H,40,41)(H,42,43)(H,44,45)/t33-/m0/s1. The number of H-pyrrole nitrogens is 1. The van der Waals surface area contributed by atoms with Gasteiger partial charge in [-0.3, -0.25) is 4.79 Å². The normalized spacial score (nSPS) is 11.8. The lowest BCUT2D eigenvalue weighted by Gasteiger charge is -2.16. The number of aromatic nitrogens is 1. The van der Waals surface area contributed by atoms with Gasteiger partial charge in [-0.25, -0.2) is 9.59 Å². The molecule has 0 radical (unpaired) electrons. The lowest BCUT2D eigenvalue weighted by atomic mass is 9.95. The van der Waals surface area contributed by atoms with Crippen LogP contribution in [0.15, 0.2) is 109 Å². The molecule has 0 spiro atoms. The molecule has 0 aliphatic rings. The first-order valence-corrected chi connectivity index (χ1v) is 15.0. The van der Waals surface area contributed by atoms with Crippen molar-refractivity contribution in [2.24, 2.45) is 0 Å². The molecule has 0 bridgehead atoms. The highest BCUT2D eigenvalue weighted by atomic mass is 16.5. The number of carbonyl (C=O) groups is 3. The molecule has 0 fully saturated rings. The third kappa shape index (κ3) is 6.05. The van der Waals surface area contributed by atoms with E-state index in [0.29, 0.717) is 41.7 Å². The van der Waals surface area contributed by atoms with Crippen LogP contribution < -0.4 is 10.1 Å². The fourth-order valence-corrected chi connectivity index (χ4v) is 5.95. The molecule has 1 atom stereocenters. The van der Waals surface area contributed by atoms with Gasteiger partial charge in [0.1, 0.15) is 11.4 Å². The van der Waals surface area contributed by atoms with E-state index in [1.54, 1.807) is 48.5 Å². The number of aromatic carboxylic acids is 1. The van der Waals surface area contributed by atoms with Gasteiger partial charge in [-0.2, -0.15) is 0 Å². The second kappa shape index (κ2) is 13.0. The van der Waals surface area contributed by atoms with Crippen LogP contribution in [-0.2, 0) is 11.2 Å². The van der Waals surface area contributed by atoms with Gasteiger partial charge in [0.2, 0.25) is 0 Å². The Morgan fingerprint density at radius 1 is 0.804 bits per heavy atom. The highest BCUT2D eigenvalue weighted by molar-refractivity contribution is 6.04. The number of hydrogen-bond acceptors (Lipinski definition) is 4. The summed E-state index contributed by atoms with van der Waals surface area (Å²) in [4.78, 5) is 40.5. The first-order valence-electron chi connectivity index (χ1n) is 15.0. The van der Waals surface area contributed by atoms with Gasteiger partial charge in [-0.15, -0.1) is 0 Å². The van der Waals surface area contributed by atoms with Crippen LogP contribution in [0.1, 0.15) is 50.0 Å². The van der Waals surface area contributed by atoms with Crippen molar-refractivity contribution in [2.45, 2.75) is 25.8 Å². The summed E-state index contributed by atoms with van der Waals surface area (Å²) < 4.78 is 6.11. The van der Waals surface area contributed by atoms with Gasteiger partial charge >= 0.3 is 11.9 Å². The van der Waals surface area contributed by atoms with E-state index >= 15 is 0 Å². The molecule has 6 rings (SSSR count). The predicted molar refractivity (Wildman–Crippen MR) is 177 cm³/mol. The van der Waals surface area contributed by atoms with Crippen LogP contribution >= 0.6 is 0 Å². The fraction of sp³-hybridized carbons (Fsp3) is 0.132. The average Bonchev–Trinajstić information content (AvgIpc) is 3.45. The maximum atomic E-state index is 13.1. The molecule has 1 amide bonds. The molecule has 230 valence electrons. The molecule has 0 aliphatic heterocycles. The molecule has 0 aliphatic carbocycles. The third-order valence-corrected chi connectivity index (χ3v) is 8.17. The second-order valence-corrected chi connectivity index (χ2v) is 11.1. The zero-order valence-electron chi connectivity index (χ0n) is 25.1. The number of hydrogen-bond donors (Lipinski definition) is 4. The molecule has 5 aromatic carbocycles. The first kappa shape index (κ1) is 30.1. The van der Waals surface area contributed by atoms with Crippen molar-refractivity contribution in [3.05, 3.63) is 137 Å². The summed E-state index contributed by atoms with van der Waals surface area (Å²) in [5, 5.41) is 25.4. The number of benzene rings is 5. The minimum absolute atomic E-state index is 0.141. The van der Waals surface area contributed by atoms with Crippen molar-refractivity contribution in [1.29, 1.82) is 0 Å². The maximum Gasteiger partial charge on any atom is 0.352 e. The number of ether oxygens (including phenoxy) is 1. The quantitative estimate of drug-likeness (QED) is 0.112. The molecule has 4 N–H and O–H groups in total. The summed E-state index contributed by atoms with van der Waals surface area (Å²) in [6.07, 6.45) is 1.12. The van der Waals surface area contributed by atoms with E-state index in [9.17, 15) is 24.6 Å². The topological polar surface area (TPSA) is 129 Å². The molecule has 1 heterocycles. The van der Waals surface area contributed by atoms with Gasteiger partial charge in [0.25, 0.3) is 5.91 Å². The van der Waals surface area contributed by atoms with Crippen molar-refractivity contribution in [3.63, 3.8) is 0 Å². The highest BCUT2D eigenvalue weighted by Gasteiger charge is 2.24. The van der Waals surface area contributed by atoms with Crippen LogP contribution in [0.4, 0.5) is 0 Å². The number of carbonyl (C=O) groups excluding carboxylic acids is 1. The number of para-hydroxylation sites is 1. The Balaban J connectivity index is 1.23. The summed E-state index contributed by atoms with van der Waals surface area (Å²) >= 11 is 0. The molecule has 8 heteroatoms. The molecule has 0 saturated heterocycles. The van der Waals surface area contributed by atoms with Gasteiger partial charge in [0, 0.05) is 21.9 Å². The predicted octanol–water partition coefficient (Wildman–Crippen LogP) is 7.56. The van der Waals surface area contributed by atoms with Crippen LogP contribution in [0.3, 0.4) is 0 Å². The van der Waals surface area contributed by atoms with Crippen LogP contribution in [0.25, 0.3) is 32.8 Å². The minimum Gasteiger partial charge on any atom is -0.493 e. The number of carboxylic acid groups (broad SMARTS) is 2. The molecule has 0 saturated carbocycles. The van der Waals surface area contributed by atoms with Gasteiger partial charge in [0.15, 0.2) is 6.04 Å². The summed E-state index contributed by atoms with van der Waals surface area (Å²) in [6.45, 7) is 2.29. The van der Waals surface area contributed by atoms with Crippen LogP contribution in [0.2, 0.25) is 0 Å². The van der Waals surface area contributed by atoms with Crippen molar-refractivity contribution in [1.82, 2.24) is 10.3 Å². The van der Waals surface area contributed by atoms with Gasteiger partial charge in [-0.05, 0) is 65.6 Å². The lowest BCUT2D eigenvalue weighted by molar-refractivity contribution is -0.139. The van der Waals surface area contributed by atoms with E-state index in [1.165, 1.54) is 0 Å². The SMILES string of the molecule is Cc1cc(C(=O)N[C@H](C(=O)O)c2ccccc2)ccc1-c1cccc2c(CCCOc3cccc4ccccc34)c(C(=O)O)[nH]c12. The summed E-state index contributed by atoms with van der Waals surface area (Å²) in [6, 6.07) is 32.2. The number of aromatic amines is 1. The molecule has 46 heavy (non-hydrogen) atoms. The largest absolute Gasteiger partial charge is 0.493 e. The number of carboxylic acids is 2. The van der Waals surface area contributed by atoms with Crippen molar-refractivity contribution >= 4 is 39.5 Å². The summed E-state index contributed by atoms with van der Waals surface area (Å²) in [5.41, 5.74) is 4.74. The Morgan fingerprint density at radius 3 is 2.28 bits per heavy atom. The number of rotatable bonds is 11. The van der Waals surface area contributed by atoms with Crippen LogP contribution in [0.5, 0.6) is 5.75 Å². The number of aliphatic carboxylic acids is 1. The Labute approximate surface area is 265 Å².